The summed E-state index contributed by atoms with van der Waals surface area (Å²) in [7, 11) is 0. The second-order valence-corrected chi connectivity index (χ2v) is 16.0. The third kappa shape index (κ3) is 7.06. The van der Waals surface area contributed by atoms with E-state index in [1.807, 2.05) is 65.8 Å². The minimum absolute atomic E-state index is 0. The fourth-order valence-corrected chi connectivity index (χ4v) is 7.59. The van der Waals surface area contributed by atoms with Crippen molar-refractivity contribution in [2.75, 3.05) is 0 Å². The SMILES string of the molecule is CC(C)Cc1cccc2c3c(oc12)-c1c(-c2ccc4c(n2)oc2ccccc24)[c-]ccc1C3(C)C.CCC(C)(CC)C(=O)/C=C(\O)C(C)(CC)CC.[Ir]. The molecular weight excluding hydrogens is 835 g/mol. The van der Waals surface area contributed by atoms with Crippen LogP contribution in [0.4, 0.5) is 0 Å². The van der Waals surface area contributed by atoms with Gasteiger partial charge in [0.2, 0.25) is 5.71 Å². The topological polar surface area (TPSA) is 76.5 Å². The molecule has 1 aliphatic carbocycles. The molecule has 3 aromatic carbocycles. The summed E-state index contributed by atoms with van der Waals surface area (Å²) in [6, 6.07) is 26.5. The number of allylic oxidation sites excluding steroid dienone is 2. The van der Waals surface area contributed by atoms with Gasteiger partial charge >= 0.3 is 0 Å². The average Bonchev–Trinajstić information content (AvgIpc) is 3.79. The van der Waals surface area contributed by atoms with Gasteiger partial charge in [0.05, 0.1) is 5.76 Å². The Hall–Kier alpha value is -3.99. The van der Waals surface area contributed by atoms with Crippen molar-refractivity contribution in [1.82, 2.24) is 4.98 Å². The Morgan fingerprint density at radius 1 is 0.868 bits per heavy atom. The van der Waals surface area contributed by atoms with Gasteiger partial charge in [-0.15, -0.1) is 29.3 Å². The zero-order valence-corrected chi connectivity index (χ0v) is 35.4. The van der Waals surface area contributed by atoms with Gasteiger partial charge in [0.1, 0.15) is 16.9 Å². The predicted octanol–water partition coefficient (Wildman–Crippen LogP) is 13.3. The van der Waals surface area contributed by atoms with Gasteiger partial charge in [-0.25, -0.2) is 0 Å². The number of ketones is 1. The van der Waals surface area contributed by atoms with Gasteiger partial charge in [0, 0.05) is 64.1 Å². The summed E-state index contributed by atoms with van der Waals surface area (Å²) in [6.07, 6.45) is 5.75. The van der Waals surface area contributed by atoms with Gasteiger partial charge in [-0.3, -0.25) is 9.78 Å². The van der Waals surface area contributed by atoms with Crippen molar-refractivity contribution in [3.05, 3.63) is 101 Å². The van der Waals surface area contributed by atoms with Crippen LogP contribution in [-0.4, -0.2) is 15.9 Å². The number of para-hydroxylation sites is 2. The van der Waals surface area contributed by atoms with E-state index in [0.29, 0.717) is 11.6 Å². The number of fused-ring (bicyclic) bond motifs is 8. The van der Waals surface area contributed by atoms with Gasteiger partial charge in [0.15, 0.2) is 5.78 Å². The number of furan rings is 2. The zero-order valence-electron chi connectivity index (χ0n) is 33.0. The van der Waals surface area contributed by atoms with E-state index in [-0.39, 0.29) is 47.9 Å². The smallest absolute Gasteiger partial charge is 0.218 e. The van der Waals surface area contributed by atoms with Crippen molar-refractivity contribution in [3.63, 3.8) is 0 Å². The van der Waals surface area contributed by atoms with Gasteiger partial charge in [-0.05, 0) is 55.3 Å². The van der Waals surface area contributed by atoms with E-state index in [1.165, 1.54) is 28.2 Å². The van der Waals surface area contributed by atoms with Gasteiger partial charge in [-0.2, -0.15) is 0 Å². The standard InChI is InChI=1S/C32H26NO2.C15H28O2.Ir/c1-18(2)17-19-9-7-12-23-28-30(35-29(19)23)27-22(11-8-13-24(27)32(28,3)4)25-16-15-21-20-10-5-6-14-26(20)34-31(21)33-25;1-7-14(5,8-2)12(16)11-13(17)15(6,9-3)10-4;/h5-10,12-16,18H,17H2,1-4H3;11,16H,7-10H2,1-6H3;/q-1;;/b;12-11-;. The van der Waals surface area contributed by atoms with E-state index >= 15 is 0 Å². The Bertz CT molecular complexity index is 2290. The third-order valence-electron chi connectivity index (χ3n) is 12.1. The first kappa shape index (κ1) is 40.2. The number of carbonyl (C=O) groups is 1. The van der Waals surface area contributed by atoms with Crippen molar-refractivity contribution >= 4 is 38.8 Å². The number of pyridine rings is 1. The van der Waals surface area contributed by atoms with Crippen LogP contribution in [0.3, 0.4) is 0 Å². The first-order valence-electron chi connectivity index (χ1n) is 19.1. The van der Waals surface area contributed by atoms with Crippen LogP contribution >= 0.6 is 0 Å². The van der Waals surface area contributed by atoms with Crippen LogP contribution in [0, 0.1) is 22.8 Å². The van der Waals surface area contributed by atoms with E-state index in [9.17, 15) is 9.90 Å². The van der Waals surface area contributed by atoms with E-state index < -0.39 is 0 Å². The molecule has 6 heteroatoms. The Morgan fingerprint density at radius 3 is 2.19 bits per heavy atom. The second kappa shape index (κ2) is 15.4. The number of nitrogens with zero attached hydrogens (tertiary/aromatic N) is 1. The van der Waals surface area contributed by atoms with Crippen molar-refractivity contribution in [2.45, 2.75) is 107 Å². The molecule has 0 atom stereocenters. The van der Waals surface area contributed by atoms with Gasteiger partial charge in [0.25, 0.3) is 0 Å². The molecule has 7 rings (SSSR count). The van der Waals surface area contributed by atoms with Crippen molar-refractivity contribution in [2.24, 2.45) is 16.7 Å². The number of carbonyl (C=O) groups excluding carboxylic acids is 1. The van der Waals surface area contributed by atoms with Crippen LogP contribution in [0.1, 0.15) is 112 Å². The summed E-state index contributed by atoms with van der Waals surface area (Å²) in [5.74, 6) is 1.80. The van der Waals surface area contributed by atoms with E-state index in [0.717, 1.165) is 76.6 Å². The van der Waals surface area contributed by atoms with Crippen LogP contribution in [0.2, 0.25) is 0 Å². The molecule has 1 aliphatic rings. The van der Waals surface area contributed by atoms with Gasteiger partial charge in [-0.1, -0.05) is 123 Å². The Labute approximate surface area is 328 Å². The molecule has 1 radical (unpaired) electrons. The first-order chi connectivity index (χ1) is 24.7. The molecule has 0 amide bonds. The summed E-state index contributed by atoms with van der Waals surface area (Å²) in [4.78, 5) is 17.1. The monoisotopic (exact) mass is 889 g/mol. The fourth-order valence-electron chi connectivity index (χ4n) is 7.59. The Balaban J connectivity index is 0.000000259. The van der Waals surface area contributed by atoms with Crippen LogP contribution < -0.4 is 0 Å². The quantitative estimate of drug-likeness (QED) is 0.0842. The average molecular weight is 889 g/mol. The third-order valence-corrected chi connectivity index (χ3v) is 12.1. The molecule has 0 unspecified atom stereocenters. The molecular formula is C47H54IrNO4-. The maximum absolute atomic E-state index is 12.2. The fraction of sp³-hybridized carbons (Fsp3) is 0.404. The summed E-state index contributed by atoms with van der Waals surface area (Å²) in [5, 5.41) is 13.5. The maximum Gasteiger partial charge on any atom is 0.218 e. The van der Waals surface area contributed by atoms with Crippen molar-refractivity contribution in [3.8, 4) is 22.6 Å². The summed E-state index contributed by atoms with van der Waals surface area (Å²) in [6.45, 7) is 21.2. The molecule has 3 heterocycles. The first-order valence-corrected chi connectivity index (χ1v) is 19.1. The molecule has 0 fully saturated rings. The van der Waals surface area contributed by atoms with Crippen LogP contribution in [0.5, 0.6) is 0 Å². The summed E-state index contributed by atoms with van der Waals surface area (Å²) in [5.41, 5.74) is 8.43. The molecule has 6 aromatic rings. The molecule has 3 aromatic heterocycles. The number of hydrogen-bond acceptors (Lipinski definition) is 5. The molecule has 1 N–H and O–H groups in total. The number of aromatic nitrogens is 1. The van der Waals surface area contributed by atoms with Gasteiger partial charge < -0.3 is 13.9 Å². The number of benzene rings is 3. The van der Waals surface area contributed by atoms with E-state index in [4.69, 9.17) is 13.8 Å². The second-order valence-electron chi connectivity index (χ2n) is 16.0. The van der Waals surface area contributed by atoms with Crippen LogP contribution in [-0.2, 0) is 36.7 Å². The predicted molar refractivity (Wildman–Crippen MR) is 215 cm³/mol. The summed E-state index contributed by atoms with van der Waals surface area (Å²) >= 11 is 0. The molecule has 0 saturated carbocycles. The number of hydrogen-bond donors (Lipinski definition) is 1. The van der Waals surface area contributed by atoms with Crippen LogP contribution in [0.15, 0.2) is 87.4 Å². The molecule has 0 spiro atoms. The zero-order chi connectivity index (χ0) is 37.6. The maximum atomic E-state index is 12.2. The molecule has 0 bridgehead atoms. The van der Waals surface area contributed by atoms with E-state index in [2.05, 4.69) is 76.2 Å². The van der Waals surface area contributed by atoms with Crippen molar-refractivity contribution < 1.29 is 38.8 Å². The Kier molecular flexibility index (Phi) is 11.7. The largest absolute Gasteiger partial charge is 0.512 e. The molecule has 5 nitrogen and oxygen atoms in total. The molecule has 281 valence electrons. The molecule has 0 saturated heterocycles. The van der Waals surface area contributed by atoms with Crippen molar-refractivity contribution in [1.29, 1.82) is 0 Å². The summed E-state index contributed by atoms with van der Waals surface area (Å²) < 4.78 is 12.8. The van der Waals surface area contributed by atoms with Crippen LogP contribution in [0.25, 0.3) is 55.6 Å². The normalized spacial score (nSPS) is 13.9. The molecule has 0 aliphatic heterocycles. The molecule has 53 heavy (non-hydrogen) atoms. The minimum atomic E-state index is -0.337. The minimum Gasteiger partial charge on any atom is -0.512 e. The van der Waals surface area contributed by atoms with E-state index in [1.54, 1.807) is 0 Å². The number of rotatable bonds is 10. The number of aliphatic hydroxyl groups excluding tert-OH is 1. The number of aliphatic hydroxyl groups is 1. The Morgan fingerprint density at radius 2 is 1.53 bits per heavy atom.